The third kappa shape index (κ3) is 6.53. The van der Waals surface area contributed by atoms with Crippen LogP contribution in [0.1, 0.15) is 22.8 Å². The molecule has 0 saturated heterocycles. The summed E-state index contributed by atoms with van der Waals surface area (Å²) in [7, 11) is -4.09. The fraction of sp³-hybridized carbons (Fsp3) is 0.0870. The van der Waals surface area contributed by atoms with Crippen LogP contribution < -0.4 is 0 Å². The lowest BCUT2D eigenvalue weighted by Crippen LogP contribution is -2.11. The first-order chi connectivity index (χ1) is 15.4. The molecule has 3 rings (SSSR count). The van der Waals surface area contributed by atoms with E-state index in [-0.39, 0.29) is 27.7 Å². The van der Waals surface area contributed by atoms with Gasteiger partial charge in [-0.15, -0.1) is 4.40 Å². The average Bonchev–Trinajstić information content (AvgIpc) is 2.80. The molecule has 0 unspecified atom stereocenters. The van der Waals surface area contributed by atoms with Gasteiger partial charge in [0.1, 0.15) is 0 Å². The molecule has 0 spiro atoms. The van der Waals surface area contributed by atoms with Crippen LogP contribution in [0.25, 0.3) is 0 Å². The molecule has 0 N–H and O–H groups in total. The van der Waals surface area contributed by atoms with Crippen molar-refractivity contribution in [3.8, 4) is 0 Å². The molecule has 32 heavy (non-hydrogen) atoms. The van der Waals surface area contributed by atoms with Crippen LogP contribution in [-0.4, -0.2) is 31.2 Å². The van der Waals surface area contributed by atoms with E-state index in [2.05, 4.69) is 9.39 Å². The minimum atomic E-state index is -4.09. The highest BCUT2D eigenvalue weighted by atomic mass is 35.5. The van der Waals surface area contributed by atoms with Crippen LogP contribution in [0.2, 0.25) is 5.02 Å². The number of sulfonamides is 1. The maximum absolute atomic E-state index is 12.9. The Morgan fingerprint density at radius 2 is 1.47 bits per heavy atom. The number of hydrogen-bond donors (Lipinski definition) is 0. The second-order valence-corrected chi connectivity index (χ2v) is 9.24. The number of halogens is 1. The number of aliphatic imine (C=N–C) groups is 1. The molecule has 3 aromatic carbocycles. The molecule has 0 bridgehead atoms. The Morgan fingerprint density at radius 1 is 0.906 bits per heavy atom. The molecule has 6 nitrogen and oxygen atoms in total. The maximum atomic E-state index is 12.9. The molecule has 0 aromatic heterocycles. The van der Waals surface area contributed by atoms with Crippen LogP contribution in [0.5, 0.6) is 0 Å². The van der Waals surface area contributed by atoms with E-state index >= 15 is 0 Å². The molecular formula is C23H19ClN2O4S2. The van der Waals surface area contributed by atoms with E-state index < -0.39 is 10.0 Å². The summed E-state index contributed by atoms with van der Waals surface area (Å²) in [6.45, 7) is 1.98. The van der Waals surface area contributed by atoms with Gasteiger partial charge in [-0.1, -0.05) is 72.3 Å². The summed E-state index contributed by atoms with van der Waals surface area (Å²) >= 11 is 6.63. The van der Waals surface area contributed by atoms with E-state index in [1.807, 2.05) is 0 Å². The lowest BCUT2D eigenvalue weighted by Gasteiger charge is -2.08. The monoisotopic (exact) mass is 486 g/mol. The van der Waals surface area contributed by atoms with Crippen molar-refractivity contribution in [2.45, 2.75) is 11.8 Å². The maximum Gasteiger partial charge on any atom is 0.284 e. The largest absolute Gasteiger partial charge is 0.473 e. The van der Waals surface area contributed by atoms with Crippen molar-refractivity contribution >= 4 is 49.6 Å². The summed E-state index contributed by atoms with van der Waals surface area (Å²) in [5.74, 6) is -0.0997. The van der Waals surface area contributed by atoms with Crippen molar-refractivity contribution in [3.05, 3.63) is 101 Å². The molecule has 0 amide bonds. The van der Waals surface area contributed by atoms with Gasteiger partial charge < -0.3 is 4.74 Å². The molecule has 0 aliphatic carbocycles. The number of carbonyl (C=O) groups is 1. The zero-order valence-corrected chi connectivity index (χ0v) is 19.4. The van der Waals surface area contributed by atoms with Gasteiger partial charge in [-0.3, -0.25) is 4.79 Å². The third-order valence-electron chi connectivity index (χ3n) is 4.00. The van der Waals surface area contributed by atoms with Crippen LogP contribution >= 0.6 is 23.4 Å². The number of rotatable bonds is 5. The number of thioether (sulfide) groups is 1. The summed E-state index contributed by atoms with van der Waals surface area (Å²) in [6, 6.07) is 22.9. The van der Waals surface area contributed by atoms with Crippen LogP contribution in [-0.2, 0) is 14.8 Å². The quantitative estimate of drug-likeness (QED) is 0.354. The summed E-state index contributed by atoms with van der Waals surface area (Å²) in [6.07, 6.45) is 0. The Morgan fingerprint density at radius 3 is 2.03 bits per heavy atom. The van der Waals surface area contributed by atoms with E-state index in [9.17, 15) is 13.2 Å². The summed E-state index contributed by atoms with van der Waals surface area (Å²) in [5, 5.41) is 0.115. The van der Waals surface area contributed by atoms with Crippen molar-refractivity contribution in [1.82, 2.24) is 0 Å². The zero-order valence-electron chi connectivity index (χ0n) is 17.0. The van der Waals surface area contributed by atoms with Crippen LogP contribution in [0, 0.1) is 0 Å². The molecule has 0 radical (unpaired) electrons. The van der Waals surface area contributed by atoms with Crippen molar-refractivity contribution < 1.29 is 17.9 Å². The molecule has 0 heterocycles. The van der Waals surface area contributed by atoms with Gasteiger partial charge in [-0.05, 0) is 31.2 Å². The van der Waals surface area contributed by atoms with E-state index in [1.54, 1.807) is 67.6 Å². The number of amidine groups is 1. The molecule has 3 aromatic rings. The zero-order chi connectivity index (χ0) is 23.0. The first-order valence-corrected chi connectivity index (χ1v) is 12.2. The predicted molar refractivity (Wildman–Crippen MR) is 129 cm³/mol. The van der Waals surface area contributed by atoms with Gasteiger partial charge in [-0.2, -0.15) is 13.4 Å². The Bertz CT molecular complexity index is 1230. The fourth-order valence-corrected chi connectivity index (χ4v) is 4.31. The Kier molecular flexibility index (Phi) is 8.21. The second-order valence-electron chi connectivity index (χ2n) is 6.28. The lowest BCUT2D eigenvalue weighted by atomic mass is 10.2. The van der Waals surface area contributed by atoms with E-state index in [4.69, 9.17) is 16.3 Å². The van der Waals surface area contributed by atoms with Gasteiger partial charge in [0.2, 0.25) is 5.12 Å². The van der Waals surface area contributed by atoms with Gasteiger partial charge in [0.05, 0.1) is 11.5 Å². The number of ether oxygens (including phenoxy) is 1. The van der Waals surface area contributed by atoms with Gasteiger partial charge in [0, 0.05) is 27.9 Å². The van der Waals surface area contributed by atoms with Crippen molar-refractivity contribution in [2.75, 3.05) is 6.61 Å². The SMILES string of the molecule is CCOC(=N/C(=N\S(=O)(=O)c1ccc(Cl)cc1)c1ccccc1)SC(=O)c1ccccc1. The highest BCUT2D eigenvalue weighted by molar-refractivity contribution is 8.26. The molecule has 0 saturated carbocycles. The Balaban J connectivity index is 2.03. The van der Waals surface area contributed by atoms with Gasteiger partial charge in [-0.25, -0.2) is 0 Å². The highest BCUT2D eigenvalue weighted by Gasteiger charge is 2.18. The number of benzene rings is 3. The predicted octanol–water partition coefficient (Wildman–Crippen LogP) is 5.44. The molecule has 0 aliphatic heterocycles. The highest BCUT2D eigenvalue weighted by Crippen LogP contribution is 2.20. The molecule has 0 fully saturated rings. The van der Waals surface area contributed by atoms with Crippen molar-refractivity contribution in [1.29, 1.82) is 0 Å². The number of hydrogen-bond acceptors (Lipinski definition) is 5. The average molecular weight is 487 g/mol. The van der Waals surface area contributed by atoms with Crippen LogP contribution in [0.4, 0.5) is 0 Å². The van der Waals surface area contributed by atoms with Gasteiger partial charge in [0.25, 0.3) is 15.3 Å². The fourth-order valence-electron chi connectivity index (χ4n) is 2.50. The van der Waals surface area contributed by atoms with E-state index in [0.29, 0.717) is 16.1 Å². The van der Waals surface area contributed by atoms with E-state index in [1.165, 1.54) is 24.3 Å². The number of nitrogens with zero attached hydrogens (tertiary/aromatic N) is 2. The third-order valence-corrected chi connectivity index (χ3v) is 6.34. The second kappa shape index (κ2) is 11.1. The molecular weight excluding hydrogens is 468 g/mol. The standard InChI is InChI=1S/C23H19ClN2O4S2/c1-2-30-23(31-22(27)18-11-7-4-8-12-18)25-21(17-9-5-3-6-10-17)26-32(28,29)20-15-13-19(24)14-16-20/h3-16H,2H2,1H3/b25-23?,26-21-. The number of carbonyl (C=O) groups excluding carboxylic acids is 1. The summed E-state index contributed by atoms with van der Waals surface area (Å²) in [5.41, 5.74) is 0.923. The van der Waals surface area contributed by atoms with Gasteiger partial charge >= 0.3 is 0 Å². The molecule has 0 aliphatic rings. The summed E-state index contributed by atoms with van der Waals surface area (Å²) in [4.78, 5) is 16.9. The minimum Gasteiger partial charge on any atom is -0.473 e. The van der Waals surface area contributed by atoms with Crippen molar-refractivity contribution in [3.63, 3.8) is 0 Å². The molecule has 0 atom stereocenters. The molecule has 9 heteroatoms. The Hall–Kier alpha value is -2.94. The Labute approximate surface area is 196 Å². The van der Waals surface area contributed by atoms with Gasteiger partial charge in [0.15, 0.2) is 5.84 Å². The first kappa shape index (κ1) is 23.7. The van der Waals surface area contributed by atoms with E-state index in [0.717, 1.165) is 11.8 Å². The summed E-state index contributed by atoms with van der Waals surface area (Å²) < 4.78 is 35.2. The first-order valence-electron chi connectivity index (χ1n) is 9.53. The lowest BCUT2D eigenvalue weighted by molar-refractivity contribution is 0.108. The van der Waals surface area contributed by atoms with Crippen molar-refractivity contribution in [2.24, 2.45) is 9.39 Å². The minimum absolute atomic E-state index is 0.00439. The van der Waals surface area contributed by atoms with Crippen LogP contribution in [0.15, 0.2) is 99.2 Å². The van der Waals surface area contributed by atoms with Crippen LogP contribution in [0.3, 0.4) is 0 Å². The molecule has 164 valence electrons. The normalized spacial score (nSPS) is 12.4. The smallest absolute Gasteiger partial charge is 0.284 e. The topological polar surface area (TPSA) is 85.2 Å².